The second-order valence-electron chi connectivity index (χ2n) is 8.90. The third-order valence-corrected chi connectivity index (χ3v) is 7.27. The van der Waals surface area contributed by atoms with Gasteiger partial charge in [0.2, 0.25) is 21.8 Å². The van der Waals surface area contributed by atoms with E-state index in [1.165, 1.54) is 4.90 Å². The Kier molecular flexibility index (Phi) is 9.85. The highest BCUT2D eigenvalue weighted by Gasteiger charge is 2.32. The number of amides is 2. The lowest BCUT2D eigenvalue weighted by Gasteiger charge is -2.33. The van der Waals surface area contributed by atoms with Crippen molar-refractivity contribution in [3.8, 4) is 0 Å². The molecular formula is C29H35N3O4S. The molecule has 7 nitrogen and oxygen atoms in total. The molecule has 0 fully saturated rings. The SMILES string of the molecule is CCNC(=O)[C@@H](Cc1ccccc1)N(Cc1ccccc1)C(=O)CN(c1ccc(CC)cc1)S(C)(=O)=O. The van der Waals surface area contributed by atoms with Gasteiger partial charge in [0, 0.05) is 19.5 Å². The summed E-state index contributed by atoms with van der Waals surface area (Å²) in [6.07, 6.45) is 2.20. The molecule has 0 bridgehead atoms. The minimum Gasteiger partial charge on any atom is -0.355 e. The molecule has 1 N–H and O–H groups in total. The highest BCUT2D eigenvalue weighted by Crippen LogP contribution is 2.21. The van der Waals surface area contributed by atoms with E-state index in [4.69, 9.17) is 0 Å². The normalized spacial score (nSPS) is 12.0. The molecule has 0 saturated heterocycles. The van der Waals surface area contributed by atoms with Crippen molar-refractivity contribution in [2.45, 2.75) is 39.3 Å². The Labute approximate surface area is 220 Å². The summed E-state index contributed by atoms with van der Waals surface area (Å²) in [5.41, 5.74) is 3.22. The van der Waals surface area contributed by atoms with Crippen molar-refractivity contribution in [3.63, 3.8) is 0 Å². The number of anilines is 1. The van der Waals surface area contributed by atoms with E-state index < -0.39 is 28.5 Å². The lowest BCUT2D eigenvalue weighted by atomic mass is 10.0. The number of carbonyl (C=O) groups excluding carboxylic acids is 2. The van der Waals surface area contributed by atoms with Crippen molar-refractivity contribution in [2.24, 2.45) is 0 Å². The number of aryl methyl sites for hydroxylation is 1. The highest BCUT2D eigenvalue weighted by atomic mass is 32.2. The van der Waals surface area contributed by atoms with E-state index in [1.807, 2.05) is 86.6 Å². The molecule has 37 heavy (non-hydrogen) atoms. The maximum Gasteiger partial charge on any atom is 0.244 e. The zero-order chi connectivity index (χ0) is 26.8. The number of rotatable bonds is 12. The van der Waals surface area contributed by atoms with Gasteiger partial charge in [-0.1, -0.05) is 79.7 Å². The third-order valence-electron chi connectivity index (χ3n) is 6.13. The fraction of sp³-hybridized carbons (Fsp3) is 0.310. The lowest BCUT2D eigenvalue weighted by Crippen LogP contribution is -2.53. The van der Waals surface area contributed by atoms with Crippen LogP contribution in [0.2, 0.25) is 0 Å². The van der Waals surface area contributed by atoms with Crippen LogP contribution in [0.1, 0.15) is 30.5 Å². The molecule has 3 rings (SSSR count). The van der Waals surface area contributed by atoms with Gasteiger partial charge in [0.25, 0.3) is 0 Å². The molecule has 0 unspecified atom stereocenters. The summed E-state index contributed by atoms with van der Waals surface area (Å²) in [6.45, 7) is 4.01. The van der Waals surface area contributed by atoms with Gasteiger partial charge in [0.05, 0.1) is 11.9 Å². The standard InChI is InChI=1S/C29H35N3O4S/c1-4-23-16-18-26(19-17-23)32(37(3,35)36)22-28(33)31(21-25-14-10-7-11-15-25)27(29(34)30-5-2)20-24-12-8-6-9-13-24/h6-19,27H,4-5,20-22H2,1-3H3,(H,30,34)/t27-/m1/s1. The summed E-state index contributed by atoms with van der Waals surface area (Å²) in [7, 11) is -3.77. The highest BCUT2D eigenvalue weighted by molar-refractivity contribution is 7.92. The molecule has 0 aliphatic rings. The molecule has 0 aliphatic heterocycles. The summed E-state index contributed by atoms with van der Waals surface area (Å²) in [6, 6.07) is 25.2. The minimum atomic E-state index is -3.77. The molecule has 3 aromatic carbocycles. The van der Waals surface area contributed by atoms with E-state index in [2.05, 4.69) is 5.32 Å². The maximum atomic E-state index is 13.9. The molecule has 0 heterocycles. The van der Waals surface area contributed by atoms with Crippen LogP contribution in [0.3, 0.4) is 0 Å². The third kappa shape index (κ3) is 7.92. The van der Waals surface area contributed by atoms with Crippen LogP contribution in [0.5, 0.6) is 0 Å². The molecule has 0 aromatic heterocycles. The van der Waals surface area contributed by atoms with Crippen molar-refractivity contribution in [1.29, 1.82) is 0 Å². The minimum absolute atomic E-state index is 0.167. The molecule has 2 amide bonds. The molecule has 3 aromatic rings. The number of nitrogens with zero attached hydrogens (tertiary/aromatic N) is 2. The zero-order valence-electron chi connectivity index (χ0n) is 21.6. The molecule has 0 spiro atoms. The van der Waals surface area contributed by atoms with E-state index in [0.717, 1.165) is 33.7 Å². The smallest absolute Gasteiger partial charge is 0.244 e. The lowest BCUT2D eigenvalue weighted by molar-refractivity contribution is -0.140. The van der Waals surface area contributed by atoms with Gasteiger partial charge in [-0.15, -0.1) is 0 Å². The second-order valence-corrected chi connectivity index (χ2v) is 10.8. The van der Waals surface area contributed by atoms with Crippen molar-refractivity contribution in [1.82, 2.24) is 10.2 Å². The quantitative estimate of drug-likeness (QED) is 0.393. The van der Waals surface area contributed by atoms with Gasteiger partial charge in [-0.25, -0.2) is 8.42 Å². The molecule has 0 saturated carbocycles. The Morgan fingerprint density at radius 3 is 1.89 bits per heavy atom. The molecular weight excluding hydrogens is 486 g/mol. The summed E-state index contributed by atoms with van der Waals surface area (Å²) >= 11 is 0. The van der Waals surface area contributed by atoms with E-state index in [0.29, 0.717) is 18.7 Å². The summed E-state index contributed by atoms with van der Waals surface area (Å²) in [5.74, 6) is -0.741. The first-order valence-electron chi connectivity index (χ1n) is 12.4. The summed E-state index contributed by atoms with van der Waals surface area (Å²) in [5, 5.41) is 2.85. The van der Waals surface area contributed by atoms with E-state index in [9.17, 15) is 18.0 Å². The maximum absolute atomic E-state index is 13.9. The first-order valence-corrected chi connectivity index (χ1v) is 14.3. The van der Waals surface area contributed by atoms with Crippen molar-refractivity contribution in [3.05, 3.63) is 102 Å². The van der Waals surface area contributed by atoms with Crippen molar-refractivity contribution >= 4 is 27.5 Å². The van der Waals surface area contributed by atoms with Gasteiger partial charge in [0.1, 0.15) is 12.6 Å². The van der Waals surface area contributed by atoms with E-state index >= 15 is 0 Å². The number of likely N-dealkylation sites (N-methyl/N-ethyl adjacent to an activating group) is 1. The number of nitrogens with one attached hydrogen (secondary N) is 1. The first-order chi connectivity index (χ1) is 17.7. The Hall–Kier alpha value is -3.65. The van der Waals surface area contributed by atoms with Gasteiger partial charge >= 0.3 is 0 Å². The van der Waals surface area contributed by atoms with Crippen LogP contribution in [0.25, 0.3) is 0 Å². The van der Waals surface area contributed by atoms with Crippen LogP contribution >= 0.6 is 0 Å². The van der Waals surface area contributed by atoms with Crippen LogP contribution in [-0.4, -0.2) is 50.5 Å². The van der Waals surface area contributed by atoms with Gasteiger partial charge < -0.3 is 10.2 Å². The average Bonchev–Trinajstić information content (AvgIpc) is 2.90. The molecule has 1 atom stereocenters. The van der Waals surface area contributed by atoms with E-state index in [-0.39, 0.29) is 12.5 Å². The van der Waals surface area contributed by atoms with Crippen molar-refractivity contribution < 1.29 is 18.0 Å². The van der Waals surface area contributed by atoms with Crippen LogP contribution < -0.4 is 9.62 Å². The van der Waals surface area contributed by atoms with Gasteiger partial charge in [-0.2, -0.15) is 0 Å². The van der Waals surface area contributed by atoms with Gasteiger partial charge in [-0.3, -0.25) is 13.9 Å². The van der Waals surface area contributed by atoms with Crippen LogP contribution in [0.15, 0.2) is 84.9 Å². The first kappa shape index (κ1) is 27.9. The van der Waals surface area contributed by atoms with Crippen LogP contribution in [0, 0.1) is 0 Å². The predicted octanol–water partition coefficient (Wildman–Crippen LogP) is 3.79. The number of sulfonamides is 1. The second kappa shape index (κ2) is 13.1. The topological polar surface area (TPSA) is 86.8 Å². The largest absolute Gasteiger partial charge is 0.355 e. The molecule has 0 radical (unpaired) electrons. The number of hydrogen-bond donors (Lipinski definition) is 1. The van der Waals surface area contributed by atoms with Crippen LogP contribution in [-0.2, 0) is 39.0 Å². The van der Waals surface area contributed by atoms with Gasteiger partial charge in [0.15, 0.2) is 0 Å². The number of benzene rings is 3. The zero-order valence-corrected chi connectivity index (χ0v) is 22.4. The number of hydrogen-bond acceptors (Lipinski definition) is 4. The predicted molar refractivity (Wildman–Crippen MR) is 148 cm³/mol. The fourth-order valence-electron chi connectivity index (χ4n) is 4.14. The molecule has 196 valence electrons. The Balaban J connectivity index is 2.00. The fourth-order valence-corrected chi connectivity index (χ4v) is 4.99. The summed E-state index contributed by atoms with van der Waals surface area (Å²) < 4.78 is 26.7. The van der Waals surface area contributed by atoms with Gasteiger partial charge in [-0.05, 0) is 42.2 Å². The number of carbonyl (C=O) groups is 2. The van der Waals surface area contributed by atoms with Crippen LogP contribution in [0.4, 0.5) is 5.69 Å². The average molecular weight is 522 g/mol. The Morgan fingerprint density at radius 2 is 1.38 bits per heavy atom. The Morgan fingerprint density at radius 1 is 0.811 bits per heavy atom. The Bertz CT molecular complexity index is 1260. The molecule has 8 heteroatoms. The van der Waals surface area contributed by atoms with Crippen molar-refractivity contribution in [2.75, 3.05) is 23.7 Å². The van der Waals surface area contributed by atoms with E-state index in [1.54, 1.807) is 12.1 Å². The summed E-state index contributed by atoms with van der Waals surface area (Å²) in [4.78, 5) is 28.6. The molecule has 0 aliphatic carbocycles. The monoisotopic (exact) mass is 521 g/mol.